The van der Waals surface area contributed by atoms with Crippen molar-refractivity contribution in [2.24, 2.45) is 0 Å². The monoisotopic (exact) mass is 767 g/mol. The van der Waals surface area contributed by atoms with Crippen molar-refractivity contribution in [3.8, 4) is 0 Å². The van der Waals surface area contributed by atoms with E-state index in [-0.39, 0.29) is 31.3 Å². The molecule has 1 aliphatic rings. The van der Waals surface area contributed by atoms with Crippen LogP contribution in [0.1, 0.15) is 204 Å². The Morgan fingerprint density at radius 2 is 0.811 bits per heavy atom. The summed E-state index contributed by atoms with van der Waals surface area (Å²) in [5.74, 6) is 0. The normalized spacial score (nSPS) is 12.7. The Morgan fingerprint density at radius 1 is 0.453 bits per heavy atom. The molecule has 1 aliphatic heterocycles. The van der Waals surface area contributed by atoms with Crippen LogP contribution in [0.5, 0.6) is 0 Å². The molecule has 1 heterocycles. The summed E-state index contributed by atoms with van der Waals surface area (Å²) in [6, 6.07) is 17.9. The molecule has 0 spiro atoms. The Bertz CT molecular complexity index is 1300. The summed E-state index contributed by atoms with van der Waals surface area (Å²) in [7, 11) is 0. The van der Waals surface area contributed by atoms with Crippen LogP contribution >= 0.6 is 0 Å². The van der Waals surface area contributed by atoms with Crippen LogP contribution in [0, 0.1) is 14.9 Å². The standard InChI is InChI=1S/C48H74N2.2CH3.Ni/c1-5-9-13-14-15-16-17-18-19-20-21-22-23-24-25-26-27-28-32-46-45(31-12-8-4)47(43-37-33-41(34-38-43)29-10-6-2)50(49)48(46)44-39-35-42(36-40-44)30-11-7-3;;;/h28,32-40H,5-27,29-31H2,1-4H3;2*1H3;/q;2*-1;+2. The molecule has 0 N–H and O–H groups in total. The first-order valence-corrected chi connectivity index (χ1v) is 21.5. The first kappa shape index (κ1) is 50.8. The predicted octanol–water partition coefficient (Wildman–Crippen LogP) is 16.8. The van der Waals surface area contributed by atoms with E-state index < -0.39 is 0 Å². The minimum Gasteiger partial charge on any atom is -0.493 e. The van der Waals surface area contributed by atoms with Gasteiger partial charge in [-0.2, -0.15) is 0 Å². The van der Waals surface area contributed by atoms with Crippen LogP contribution in [-0.4, -0.2) is 4.70 Å². The van der Waals surface area contributed by atoms with Gasteiger partial charge >= 0.3 is 16.5 Å². The van der Waals surface area contributed by atoms with Gasteiger partial charge in [0.05, 0.1) is 5.57 Å². The van der Waals surface area contributed by atoms with Crippen LogP contribution in [0.3, 0.4) is 0 Å². The topological polar surface area (TPSA) is 25.3 Å². The summed E-state index contributed by atoms with van der Waals surface area (Å²) in [5.41, 5.74) is 21.3. The summed E-state index contributed by atoms with van der Waals surface area (Å²) in [6.45, 7) is 9.07. The number of benzene rings is 2. The van der Waals surface area contributed by atoms with Gasteiger partial charge in [0.25, 0.3) is 0 Å². The van der Waals surface area contributed by atoms with Gasteiger partial charge in [0.15, 0.2) is 0 Å². The molecule has 0 atom stereocenters. The van der Waals surface area contributed by atoms with E-state index in [1.54, 1.807) is 0 Å². The average Bonchev–Trinajstić information content (AvgIpc) is 3.42. The van der Waals surface area contributed by atoms with Crippen LogP contribution in [-0.2, 0) is 29.3 Å². The molecule has 53 heavy (non-hydrogen) atoms. The van der Waals surface area contributed by atoms with Crippen molar-refractivity contribution in [1.82, 2.24) is 0 Å². The predicted molar refractivity (Wildman–Crippen MR) is 233 cm³/mol. The van der Waals surface area contributed by atoms with Gasteiger partial charge < -0.3 is 20.4 Å². The average molecular weight is 768 g/mol. The molecule has 0 bridgehead atoms. The third kappa shape index (κ3) is 18.8. The molecule has 0 saturated carbocycles. The van der Waals surface area contributed by atoms with E-state index in [0.29, 0.717) is 0 Å². The van der Waals surface area contributed by atoms with E-state index in [9.17, 15) is 5.53 Å². The van der Waals surface area contributed by atoms with Gasteiger partial charge in [0, 0.05) is 16.7 Å². The second kappa shape index (κ2) is 32.0. The largest absolute Gasteiger partial charge is 2.00 e. The number of nitrogens with zero attached hydrogens (tertiary/aromatic N) is 2. The van der Waals surface area contributed by atoms with E-state index in [1.807, 2.05) is 0 Å². The third-order valence-corrected chi connectivity index (χ3v) is 10.7. The SMILES string of the molecule is CCCCCCCCCCCCCCCCCCC=CC1=C(c2ccc(CCCC)cc2)[N+](=[N-])C(c2ccc(CCCC)cc2)=C1CCCC.[CH3-].[CH3-].[Ni+2]. The Labute approximate surface area is 340 Å². The fourth-order valence-electron chi connectivity index (χ4n) is 7.42. The molecule has 2 aromatic rings. The van der Waals surface area contributed by atoms with E-state index >= 15 is 0 Å². The quantitative estimate of drug-likeness (QED) is 0.0341. The van der Waals surface area contributed by atoms with Crippen LogP contribution in [0.2, 0.25) is 0 Å². The van der Waals surface area contributed by atoms with E-state index in [0.717, 1.165) is 61.0 Å². The van der Waals surface area contributed by atoms with E-state index in [2.05, 4.69) is 88.4 Å². The number of allylic oxidation sites excluding steroid dienone is 4. The van der Waals surface area contributed by atoms with Crippen molar-refractivity contribution in [3.63, 3.8) is 0 Å². The zero-order chi connectivity index (χ0) is 35.7. The van der Waals surface area contributed by atoms with E-state index in [1.165, 1.54) is 155 Å². The maximum Gasteiger partial charge on any atom is 2.00 e. The van der Waals surface area contributed by atoms with Crippen LogP contribution < -0.4 is 0 Å². The minimum absolute atomic E-state index is 0. The van der Waals surface area contributed by atoms with Gasteiger partial charge in [0.2, 0.25) is 11.4 Å². The van der Waals surface area contributed by atoms with Crippen LogP contribution in [0.15, 0.2) is 71.8 Å². The number of hydrogen-bond acceptors (Lipinski definition) is 0. The van der Waals surface area contributed by atoms with Gasteiger partial charge in [-0.1, -0.05) is 180 Å². The molecule has 0 aromatic heterocycles. The van der Waals surface area contributed by atoms with Gasteiger partial charge in [-0.25, -0.2) is 4.70 Å². The maximum absolute atomic E-state index is 12.0. The second-order valence-corrected chi connectivity index (χ2v) is 15.1. The van der Waals surface area contributed by atoms with Gasteiger partial charge in [0.1, 0.15) is 0 Å². The van der Waals surface area contributed by atoms with Crippen molar-refractivity contribution in [2.45, 2.75) is 195 Å². The fraction of sp³-hybridized carbons (Fsp3) is 0.600. The molecule has 0 fully saturated rings. The van der Waals surface area contributed by atoms with Crippen molar-refractivity contribution in [1.29, 1.82) is 0 Å². The molecule has 0 saturated heterocycles. The molecular formula is C50H80N2Ni. The Hall–Kier alpha value is -2.25. The number of rotatable bonds is 29. The summed E-state index contributed by atoms with van der Waals surface area (Å²) in [5, 5.41) is 0. The first-order chi connectivity index (χ1) is 24.6. The number of aryl methyl sites for hydroxylation is 2. The fourth-order valence-corrected chi connectivity index (χ4v) is 7.42. The summed E-state index contributed by atoms with van der Waals surface area (Å²) in [4.78, 5) is 0. The van der Waals surface area contributed by atoms with Crippen molar-refractivity contribution in [3.05, 3.63) is 114 Å². The summed E-state index contributed by atoms with van der Waals surface area (Å²) < 4.78 is 1.52. The molecule has 3 rings (SSSR count). The zero-order valence-electron chi connectivity index (χ0n) is 35.4. The van der Waals surface area contributed by atoms with Crippen molar-refractivity contribution < 1.29 is 21.2 Å². The maximum atomic E-state index is 12.0. The molecule has 300 valence electrons. The minimum atomic E-state index is 0. The van der Waals surface area contributed by atoms with Gasteiger partial charge in [-0.3, -0.25) is 0 Å². The smallest absolute Gasteiger partial charge is 0.493 e. The van der Waals surface area contributed by atoms with Crippen molar-refractivity contribution in [2.75, 3.05) is 0 Å². The number of hydrogen-bond donors (Lipinski definition) is 0. The summed E-state index contributed by atoms with van der Waals surface area (Å²) >= 11 is 0. The zero-order valence-corrected chi connectivity index (χ0v) is 36.4. The van der Waals surface area contributed by atoms with Gasteiger partial charge in [-0.15, -0.1) is 0 Å². The molecule has 0 radical (unpaired) electrons. The molecule has 0 aliphatic carbocycles. The Balaban J connectivity index is 0.00000901. The van der Waals surface area contributed by atoms with Gasteiger partial charge in [-0.05, 0) is 86.8 Å². The molecule has 3 heteroatoms. The van der Waals surface area contributed by atoms with Crippen molar-refractivity contribution >= 4 is 11.4 Å². The Morgan fingerprint density at radius 3 is 1.23 bits per heavy atom. The number of unbranched alkanes of at least 4 members (excludes halogenated alkanes) is 19. The molecule has 2 aromatic carbocycles. The third-order valence-electron chi connectivity index (χ3n) is 10.7. The second-order valence-electron chi connectivity index (χ2n) is 15.1. The van der Waals surface area contributed by atoms with Crippen LogP contribution in [0.25, 0.3) is 16.9 Å². The molecule has 0 unspecified atom stereocenters. The molecular weight excluding hydrogens is 687 g/mol. The molecule has 0 amide bonds. The van der Waals surface area contributed by atoms with E-state index in [4.69, 9.17) is 0 Å². The Kier molecular flexibility index (Phi) is 30.7. The summed E-state index contributed by atoms with van der Waals surface area (Å²) in [6.07, 6.45) is 38.5. The van der Waals surface area contributed by atoms with Crippen LogP contribution in [0.4, 0.5) is 0 Å². The first-order valence-electron chi connectivity index (χ1n) is 21.5. The molecule has 2 nitrogen and oxygen atoms in total.